The molecule has 0 N–H and O–H groups in total. The van der Waals surface area contributed by atoms with E-state index in [2.05, 4.69) is 115 Å². The Balaban J connectivity index is 1.55. The second-order valence-corrected chi connectivity index (χ2v) is 11.9. The maximum Gasteiger partial charge on any atom is -0.0160 e. The van der Waals surface area contributed by atoms with Crippen molar-refractivity contribution in [2.45, 2.75) is 98.8 Å². The van der Waals surface area contributed by atoms with Crippen molar-refractivity contribution in [3.05, 3.63) is 108 Å². The van der Waals surface area contributed by atoms with Gasteiger partial charge in [-0.3, -0.25) is 0 Å². The second-order valence-electron chi connectivity index (χ2n) is 11.9. The van der Waals surface area contributed by atoms with Gasteiger partial charge in [0.15, 0.2) is 0 Å². The topological polar surface area (TPSA) is 0 Å². The molecule has 0 radical (unpaired) electrons. The molecule has 0 heteroatoms. The third-order valence-corrected chi connectivity index (χ3v) is 8.60. The van der Waals surface area contributed by atoms with Crippen molar-refractivity contribution >= 4 is 11.1 Å². The van der Waals surface area contributed by atoms with Crippen molar-refractivity contribution in [1.82, 2.24) is 0 Å². The van der Waals surface area contributed by atoms with Crippen molar-refractivity contribution in [2.24, 2.45) is 11.8 Å². The summed E-state index contributed by atoms with van der Waals surface area (Å²) in [6, 6.07) is 15.8. The molecule has 3 rings (SSSR count). The molecule has 0 nitrogen and oxygen atoms in total. The summed E-state index contributed by atoms with van der Waals surface area (Å²) >= 11 is 0. The molecule has 208 valence electrons. The highest BCUT2D eigenvalue weighted by Crippen LogP contribution is 2.31. The van der Waals surface area contributed by atoms with Crippen LogP contribution in [0.5, 0.6) is 0 Å². The first kappa shape index (κ1) is 30.7. The van der Waals surface area contributed by atoms with Gasteiger partial charge in [0.1, 0.15) is 0 Å². The molecule has 0 fully saturated rings. The first-order chi connectivity index (χ1) is 18.8. The lowest BCUT2D eigenvalue weighted by Crippen LogP contribution is -2.08. The lowest BCUT2D eigenvalue weighted by Gasteiger charge is -2.20. The fraction of sp³-hybridized carbons (Fsp3) is 0.436. The summed E-state index contributed by atoms with van der Waals surface area (Å²) in [6.45, 7) is 20.4. The molecule has 0 spiro atoms. The number of hydrogen-bond donors (Lipinski definition) is 0. The van der Waals surface area contributed by atoms with Crippen LogP contribution < -0.4 is 0 Å². The van der Waals surface area contributed by atoms with Crippen LogP contribution in [0.15, 0.2) is 91.1 Å². The highest BCUT2D eigenvalue weighted by atomic mass is 14.2. The number of aryl methyl sites for hydroxylation is 1. The number of benzene rings is 2. The normalized spacial score (nSPS) is 14.1. The third-order valence-electron chi connectivity index (χ3n) is 8.60. The van der Waals surface area contributed by atoms with Crippen LogP contribution in [0.25, 0.3) is 22.3 Å². The van der Waals surface area contributed by atoms with Crippen LogP contribution in [0, 0.1) is 18.8 Å². The molecule has 1 aliphatic rings. The Morgan fingerprint density at radius 2 is 1.59 bits per heavy atom. The molecule has 0 aromatic heterocycles. The van der Waals surface area contributed by atoms with E-state index in [1.54, 1.807) is 0 Å². The van der Waals surface area contributed by atoms with Crippen LogP contribution in [0.1, 0.15) is 109 Å². The van der Waals surface area contributed by atoms with Gasteiger partial charge < -0.3 is 0 Å². The van der Waals surface area contributed by atoms with Gasteiger partial charge in [0.2, 0.25) is 0 Å². The third kappa shape index (κ3) is 9.38. The standard InChI is InChI=1S/C39H52/c1-8-15-34(29(2)3)18-13-10-12-17-32(6)39-28-38(23-21-33(39)7)37-26-24-36(25-27-37)31(5)20-22-35-19-14-9-11-16-30(35)4/h9,14,16,19,21,23-29,34H,5-6,8,10-13,15,17-18,20,22H2,1-4,7H3/t34-/m0/s1. The van der Waals surface area contributed by atoms with Crippen molar-refractivity contribution < 1.29 is 0 Å². The molecule has 39 heavy (non-hydrogen) atoms. The first-order valence-electron chi connectivity index (χ1n) is 15.4. The van der Waals surface area contributed by atoms with E-state index in [-0.39, 0.29) is 0 Å². The molecule has 0 unspecified atom stereocenters. The molecule has 1 aliphatic carbocycles. The van der Waals surface area contributed by atoms with E-state index in [9.17, 15) is 0 Å². The minimum Gasteiger partial charge on any atom is -0.0952 e. The summed E-state index contributed by atoms with van der Waals surface area (Å²) in [5.74, 6) is 1.69. The largest absolute Gasteiger partial charge is 0.0952 e. The number of rotatable bonds is 15. The molecular formula is C39H52. The average Bonchev–Trinajstić information content (AvgIpc) is 3.14. The van der Waals surface area contributed by atoms with Gasteiger partial charge in [-0.2, -0.15) is 0 Å². The van der Waals surface area contributed by atoms with Crippen molar-refractivity contribution in [3.63, 3.8) is 0 Å². The van der Waals surface area contributed by atoms with Crippen LogP contribution in [-0.2, 0) is 0 Å². The summed E-state index contributed by atoms with van der Waals surface area (Å²) in [4.78, 5) is 0. The van der Waals surface area contributed by atoms with Gasteiger partial charge in [0.05, 0.1) is 0 Å². The predicted molar refractivity (Wildman–Crippen MR) is 176 cm³/mol. The molecule has 0 saturated carbocycles. The average molecular weight is 521 g/mol. The second kappa shape index (κ2) is 15.7. The Labute approximate surface area is 240 Å². The molecule has 2 aromatic rings. The van der Waals surface area contributed by atoms with Gasteiger partial charge in [-0.1, -0.05) is 132 Å². The fourth-order valence-corrected chi connectivity index (χ4v) is 5.80. The molecule has 0 heterocycles. The van der Waals surface area contributed by atoms with Crippen molar-refractivity contribution in [3.8, 4) is 11.1 Å². The Bertz CT molecular complexity index is 1180. The van der Waals surface area contributed by atoms with E-state index < -0.39 is 0 Å². The molecule has 1 atom stereocenters. The van der Waals surface area contributed by atoms with Gasteiger partial charge in [0, 0.05) is 0 Å². The quantitative estimate of drug-likeness (QED) is 0.205. The van der Waals surface area contributed by atoms with Crippen LogP contribution >= 0.6 is 0 Å². The van der Waals surface area contributed by atoms with Gasteiger partial charge in [-0.05, 0) is 108 Å². The van der Waals surface area contributed by atoms with Gasteiger partial charge in [-0.25, -0.2) is 0 Å². The van der Waals surface area contributed by atoms with Gasteiger partial charge in [0.25, 0.3) is 0 Å². The lowest BCUT2D eigenvalue weighted by molar-refractivity contribution is 0.322. The summed E-state index contributed by atoms with van der Waals surface area (Å²) in [7, 11) is 0. The molecule has 2 aromatic carbocycles. The zero-order valence-corrected chi connectivity index (χ0v) is 25.5. The summed E-state index contributed by atoms with van der Waals surface area (Å²) in [5, 5.41) is 0. The first-order valence-corrected chi connectivity index (χ1v) is 15.4. The van der Waals surface area contributed by atoms with E-state index in [1.807, 2.05) is 0 Å². The maximum absolute atomic E-state index is 4.49. The number of hydrogen-bond acceptors (Lipinski definition) is 0. The molecule has 0 aliphatic heterocycles. The van der Waals surface area contributed by atoms with E-state index in [4.69, 9.17) is 0 Å². The molecular weight excluding hydrogens is 468 g/mol. The zero-order chi connectivity index (χ0) is 28.2. The van der Waals surface area contributed by atoms with Crippen LogP contribution in [-0.4, -0.2) is 0 Å². The summed E-state index contributed by atoms with van der Waals surface area (Å²) in [5.41, 5.74) is 11.7. The predicted octanol–water partition coefficient (Wildman–Crippen LogP) is 12.3. The van der Waals surface area contributed by atoms with E-state index >= 15 is 0 Å². The van der Waals surface area contributed by atoms with Crippen LogP contribution in [0.3, 0.4) is 0 Å². The Morgan fingerprint density at radius 3 is 2.31 bits per heavy atom. The van der Waals surface area contributed by atoms with Crippen LogP contribution in [0.4, 0.5) is 0 Å². The minimum atomic E-state index is 0.806. The van der Waals surface area contributed by atoms with Gasteiger partial charge >= 0.3 is 0 Å². The van der Waals surface area contributed by atoms with Crippen molar-refractivity contribution in [1.29, 1.82) is 0 Å². The number of unbranched alkanes of at least 4 members (excludes halogenated alkanes) is 2. The summed E-state index contributed by atoms with van der Waals surface area (Å²) < 4.78 is 0. The zero-order valence-electron chi connectivity index (χ0n) is 25.5. The molecule has 0 saturated heterocycles. The minimum absolute atomic E-state index is 0.806. The lowest BCUT2D eigenvalue weighted by atomic mass is 9.86. The maximum atomic E-state index is 4.49. The summed E-state index contributed by atoms with van der Waals surface area (Å²) in [6.07, 6.45) is 21.0. The Morgan fingerprint density at radius 1 is 0.846 bits per heavy atom. The van der Waals surface area contributed by atoms with E-state index in [1.165, 1.54) is 88.6 Å². The Hall–Kier alpha value is -2.86. The highest BCUT2D eigenvalue weighted by Gasteiger charge is 2.12. The fourth-order valence-electron chi connectivity index (χ4n) is 5.80. The SMILES string of the molecule is C=C(CCC1=CC=CCC=C1C)c1ccc(-c2ccc(C)c(C(=C)CCCCC[C@H](CCC)C(C)C)c2)cc1. The van der Waals surface area contributed by atoms with Crippen LogP contribution in [0.2, 0.25) is 0 Å². The number of allylic oxidation sites excluding steroid dienone is 8. The molecule has 0 bridgehead atoms. The van der Waals surface area contributed by atoms with E-state index in [0.29, 0.717) is 0 Å². The van der Waals surface area contributed by atoms with E-state index in [0.717, 1.165) is 37.5 Å². The Kier molecular flexibility index (Phi) is 12.3. The smallest absolute Gasteiger partial charge is 0.0160 e. The van der Waals surface area contributed by atoms with Gasteiger partial charge in [-0.15, -0.1) is 0 Å². The monoisotopic (exact) mass is 520 g/mol. The molecule has 0 amide bonds. The van der Waals surface area contributed by atoms with Crippen molar-refractivity contribution in [2.75, 3.05) is 0 Å². The highest BCUT2D eigenvalue weighted by molar-refractivity contribution is 5.75.